The average Bonchev–Trinajstić information content (AvgIpc) is 3.23. The van der Waals surface area contributed by atoms with Crippen molar-refractivity contribution in [2.75, 3.05) is 7.11 Å². The van der Waals surface area contributed by atoms with Gasteiger partial charge in [-0.25, -0.2) is 4.98 Å². The van der Waals surface area contributed by atoms with E-state index in [1.54, 1.807) is 36.5 Å². The number of methoxy groups -OCH3 is 1. The Bertz CT molecular complexity index is 979. The minimum atomic E-state index is 0.505. The summed E-state index contributed by atoms with van der Waals surface area (Å²) in [6, 6.07) is 11.1. The van der Waals surface area contributed by atoms with E-state index in [-0.39, 0.29) is 0 Å². The molecule has 2 aromatic heterocycles. The standard InChI is InChI=1S/C16H11ClN4O2/c1-22-14-5-2-10(6-12(14)17)16-20-13-4-3-11(7-15(13)23-16)21-8-18-19-9-21/h2-9H,1H3. The molecule has 0 aliphatic rings. The fraction of sp³-hybridized carbons (Fsp3) is 0.0625. The van der Waals surface area contributed by atoms with Crippen molar-refractivity contribution in [3.05, 3.63) is 54.1 Å². The fourth-order valence-corrected chi connectivity index (χ4v) is 2.59. The van der Waals surface area contributed by atoms with E-state index in [1.807, 2.05) is 24.3 Å². The van der Waals surface area contributed by atoms with Gasteiger partial charge in [0.2, 0.25) is 5.89 Å². The number of ether oxygens (including phenoxy) is 1. The van der Waals surface area contributed by atoms with Crippen LogP contribution in [0.2, 0.25) is 5.02 Å². The molecule has 0 saturated carbocycles. The molecule has 4 aromatic rings. The van der Waals surface area contributed by atoms with Gasteiger partial charge in [-0.05, 0) is 30.3 Å². The Morgan fingerprint density at radius 1 is 1.09 bits per heavy atom. The molecule has 0 saturated heterocycles. The first-order valence-corrected chi connectivity index (χ1v) is 7.22. The second-order valence-electron chi connectivity index (χ2n) is 4.89. The zero-order valence-electron chi connectivity index (χ0n) is 12.1. The van der Waals surface area contributed by atoms with Crippen LogP contribution in [0.25, 0.3) is 28.2 Å². The van der Waals surface area contributed by atoms with Crippen molar-refractivity contribution in [2.24, 2.45) is 0 Å². The Kier molecular flexibility index (Phi) is 3.24. The molecule has 0 aliphatic heterocycles. The number of hydrogen-bond acceptors (Lipinski definition) is 5. The maximum Gasteiger partial charge on any atom is 0.227 e. The van der Waals surface area contributed by atoms with Crippen LogP contribution in [-0.4, -0.2) is 26.9 Å². The number of fused-ring (bicyclic) bond motifs is 1. The lowest BCUT2D eigenvalue weighted by atomic mass is 10.2. The van der Waals surface area contributed by atoms with Crippen LogP contribution in [0.3, 0.4) is 0 Å². The molecule has 0 unspecified atom stereocenters. The first-order valence-electron chi connectivity index (χ1n) is 6.84. The maximum absolute atomic E-state index is 6.16. The van der Waals surface area contributed by atoms with Crippen molar-refractivity contribution in [1.29, 1.82) is 0 Å². The van der Waals surface area contributed by atoms with Crippen molar-refractivity contribution in [3.8, 4) is 22.9 Å². The topological polar surface area (TPSA) is 66.0 Å². The van der Waals surface area contributed by atoms with Gasteiger partial charge in [0, 0.05) is 11.6 Å². The van der Waals surface area contributed by atoms with Gasteiger partial charge in [-0.3, -0.25) is 4.57 Å². The maximum atomic E-state index is 6.16. The minimum absolute atomic E-state index is 0.505. The Hall–Kier alpha value is -2.86. The van der Waals surface area contributed by atoms with E-state index in [4.69, 9.17) is 20.8 Å². The van der Waals surface area contributed by atoms with Crippen LogP contribution < -0.4 is 4.74 Å². The van der Waals surface area contributed by atoms with E-state index in [9.17, 15) is 0 Å². The summed E-state index contributed by atoms with van der Waals surface area (Å²) >= 11 is 6.16. The van der Waals surface area contributed by atoms with Gasteiger partial charge in [-0.15, -0.1) is 10.2 Å². The summed E-state index contributed by atoms with van der Waals surface area (Å²) in [5.74, 6) is 1.12. The fourth-order valence-electron chi connectivity index (χ4n) is 2.33. The Balaban J connectivity index is 1.78. The molecule has 0 amide bonds. The van der Waals surface area contributed by atoms with E-state index >= 15 is 0 Å². The Labute approximate surface area is 136 Å². The summed E-state index contributed by atoms with van der Waals surface area (Å²) < 4.78 is 12.8. The molecule has 6 nitrogen and oxygen atoms in total. The lowest BCUT2D eigenvalue weighted by Gasteiger charge is -2.03. The minimum Gasteiger partial charge on any atom is -0.495 e. The largest absolute Gasteiger partial charge is 0.495 e. The van der Waals surface area contributed by atoms with Gasteiger partial charge in [-0.2, -0.15) is 0 Å². The third-order valence-corrected chi connectivity index (χ3v) is 3.78. The zero-order valence-corrected chi connectivity index (χ0v) is 12.9. The Morgan fingerprint density at radius 2 is 1.91 bits per heavy atom. The molecule has 2 aromatic carbocycles. The monoisotopic (exact) mass is 326 g/mol. The highest BCUT2D eigenvalue weighted by molar-refractivity contribution is 6.32. The molecular formula is C16H11ClN4O2. The van der Waals surface area contributed by atoms with Crippen LogP contribution >= 0.6 is 11.6 Å². The molecule has 4 rings (SSSR count). The van der Waals surface area contributed by atoms with E-state index in [2.05, 4.69) is 15.2 Å². The molecule has 0 atom stereocenters. The summed E-state index contributed by atoms with van der Waals surface area (Å²) in [6.07, 6.45) is 3.25. The van der Waals surface area contributed by atoms with Gasteiger partial charge in [0.25, 0.3) is 0 Å². The van der Waals surface area contributed by atoms with Gasteiger partial charge in [0.15, 0.2) is 5.58 Å². The second kappa shape index (κ2) is 5.40. The smallest absolute Gasteiger partial charge is 0.227 e. The summed E-state index contributed by atoms with van der Waals surface area (Å²) in [4.78, 5) is 4.50. The normalized spacial score (nSPS) is 11.0. The number of benzene rings is 2. The van der Waals surface area contributed by atoms with Crippen LogP contribution in [0.4, 0.5) is 0 Å². The number of oxazole rings is 1. The zero-order chi connectivity index (χ0) is 15.8. The highest BCUT2D eigenvalue weighted by Crippen LogP contribution is 2.31. The van der Waals surface area contributed by atoms with E-state index in [1.165, 1.54) is 0 Å². The molecule has 0 aliphatic carbocycles. The van der Waals surface area contributed by atoms with Crippen molar-refractivity contribution < 1.29 is 9.15 Å². The molecule has 23 heavy (non-hydrogen) atoms. The van der Waals surface area contributed by atoms with Crippen LogP contribution in [0, 0.1) is 0 Å². The highest BCUT2D eigenvalue weighted by atomic mass is 35.5. The molecule has 0 fully saturated rings. The third kappa shape index (κ3) is 2.43. The van der Waals surface area contributed by atoms with E-state index < -0.39 is 0 Å². The molecular weight excluding hydrogens is 316 g/mol. The van der Waals surface area contributed by atoms with Gasteiger partial charge in [0.05, 0.1) is 17.8 Å². The average molecular weight is 327 g/mol. The van der Waals surface area contributed by atoms with Crippen molar-refractivity contribution in [2.45, 2.75) is 0 Å². The van der Waals surface area contributed by atoms with Gasteiger partial charge in [-0.1, -0.05) is 11.6 Å². The Morgan fingerprint density at radius 3 is 2.65 bits per heavy atom. The molecule has 114 valence electrons. The number of rotatable bonds is 3. The number of nitrogens with zero attached hydrogens (tertiary/aromatic N) is 4. The number of aromatic nitrogens is 4. The second-order valence-corrected chi connectivity index (χ2v) is 5.30. The van der Waals surface area contributed by atoms with Crippen molar-refractivity contribution >= 4 is 22.7 Å². The molecule has 7 heteroatoms. The molecule has 0 spiro atoms. The first-order chi connectivity index (χ1) is 11.2. The molecule has 2 heterocycles. The lowest BCUT2D eigenvalue weighted by molar-refractivity contribution is 0.415. The van der Waals surface area contributed by atoms with Crippen LogP contribution in [0.5, 0.6) is 5.75 Å². The lowest BCUT2D eigenvalue weighted by Crippen LogP contribution is -1.88. The summed E-state index contributed by atoms with van der Waals surface area (Å²) in [7, 11) is 1.58. The quantitative estimate of drug-likeness (QED) is 0.574. The summed E-state index contributed by atoms with van der Waals surface area (Å²) in [5.41, 5.74) is 3.14. The predicted molar refractivity (Wildman–Crippen MR) is 85.9 cm³/mol. The van der Waals surface area contributed by atoms with Gasteiger partial charge < -0.3 is 9.15 Å². The van der Waals surface area contributed by atoms with Crippen molar-refractivity contribution in [1.82, 2.24) is 19.7 Å². The van der Waals surface area contributed by atoms with Crippen LogP contribution in [0.1, 0.15) is 0 Å². The van der Waals surface area contributed by atoms with E-state index in [0.29, 0.717) is 22.2 Å². The first kappa shape index (κ1) is 13.8. The highest BCUT2D eigenvalue weighted by Gasteiger charge is 2.11. The van der Waals surface area contributed by atoms with Gasteiger partial charge in [0.1, 0.15) is 23.9 Å². The number of hydrogen-bond donors (Lipinski definition) is 0. The summed E-state index contributed by atoms with van der Waals surface area (Å²) in [6.45, 7) is 0. The molecule has 0 bridgehead atoms. The van der Waals surface area contributed by atoms with Crippen molar-refractivity contribution in [3.63, 3.8) is 0 Å². The van der Waals surface area contributed by atoms with E-state index in [0.717, 1.165) is 16.8 Å². The molecule has 0 radical (unpaired) electrons. The predicted octanol–water partition coefficient (Wildman–Crippen LogP) is 3.74. The molecule has 0 N–H and O–H groups in total. The van der Waals surface area contributed by atoms with Gasteiger partial charge >= 0.3 is 0 Å². The summed E-state index contributed by atoms with van der Waals surface area (Å²) in [5, 5.41) is 8.11. The third-order valence-electron chi connectivity index (χ3n) is 3.49. The van der Waals surface area contributed by atoms with Crippen LogP contribution in [0.15, 0.2) is 53.5 Å². The SMILES string of the molecule is COc1ccc(-c2nc3ccc(-n4cnnc4)cc3o2)cc1Cl. The van der Waals surface area contributed by atoms with Crippen LogP contribution in [-0.2, 0) is 0 Å². The number of halogens is 1.